The first-order valence-corrected chi connectivity index (χ1v) is 11.7. The minimum atomic E-state index is -0.543. The largest absolute Gasteiger partial charge is 0.491 e. The molecule has 1 heterocycles. The van der Waals surface area contributed by atoms with Crippen LogP contribution in [0.5, 0.6) is 5.75 Å². The van der Waals surface area contributed by atoms with Crippen molar-refractivity contribution < 1.29 is 9.84 Å². The third kappa shape index (κ3) is 5.36. The first-order valence-electron chi connectivity index (χ1n) is 11.7. The second-order valence-electron chi connectivity index (χ2n) is 9.45. The predicted molar refractivity (Wildman–Crippen MR) is 125 cm³/mol. The summed E-state index contributed by atoms with van der Waals surface area (Å²) in [5.41, 5.74) is 2.27. The Bertz CT molecular complexity index is 878. The van der Waals surface area contributed by atoms with Crippen LogP contribution in [0.15, 0.2) is 30.3 Å². The van der Waals surface area contributed by atoms with Crippen molar-refractivity contribution in [1.29, 1.82) is 0 Å². The number of likely N-dealkylation sites (N-methyl/N-ethyl adjacent to an activating group) is 1. The van der Waals surface area contributed by atoms with Crippen molar-refractivity contribution in [3.63, 3.8) is 0 Å². The van der Waals surface area contributed by atoms with Gasteiger partial charge in [-0.3, -0.25) is 0 Å². The van der Waals surface area contributed by atoms with E-state index in [1.165, 1.54) is 44.9 Å². The van der Waals surface area contributed by atoms with E-state index in [1.807, 2.05) is 31.3 Å². The number of hydrogen-bond donors (Lipinski definition) is 2. The van der Waals surface area contributed by atoms with Crippen LogP contribution in [-0.2, 0) is 5.41 Å². The van der Waals surface area contributed by atoms with Gasteiger partial charge < -0.3 is 20.1 Å². The molecule has 1 aromatic heterocycles. The maximum atomic E-state index is 9.93. The first kappa shape index (κ1) is 22.0. The average molecular weight is 425 g/mol. The van der Waals surface area contributed by atoms with E-state index in [0.29, 0.717) is 12.6 Å². The fourth-order valence-corrected chi connectivity index (χ4v) is 4.36. The molecule has 0 spiro atoms. The third-order valence-electron chi connectivity index (χ3n) is 6.79. The van der Waals surface area contributed by atoms with E-state index >= 15 is 0 Å². The molecule has 6 nitrogen and oxygen atoms in total. The van der Waals surface area contributed by atoms with Crippen molar-refractivity contribution in [1.82, 2.24) is 15.3 Å². The van der Waals surface area contributed by atoms with Gasteiger partial charge in [-0.15, -0.1) is 0 Å². The Hall–Kier alpha value is -2.18. The van der Waals surface area contributed by atoms with Crippen LogP contribution in [0.25, 0.3) is 11.4 Å². The summed E-state index contributed by atoms with van der Waals surface area (Å²) in [5.74, 6) is 2.50. The highest BCUT2D eigenvalue weighted by Crippen LogP contribution is 2.47. The van der Waals surface area contributed by atoms with Gasteiger partial charge in [0, 0.05) is 36.7 Å². The maximum Gasteiger partial charge on any atom is 0.161 e. The van der Waals surface area contributed by atoms with Gasteiger partial charge in [0.25, 0.3) is 0 Å². The number of aliphatic hydroxyl groups excluding tert-OH is 1. The summed E-state index contributed by atoms with van der Waals surface area (Å²) in [6.45, 7) is 3.05. The Morgan fingerprint density at radius 3 is 2.68 bits per heavy atom. The number of rotatable bonds is 9. The molecule has 4 rings (SSSR count). The number of aromatic nitrogens is 2. The van der Waals surface area contributed by atoms with Crippen molar-refractivity contribution in [3.8, 4) is 17.1 Å². The van der Waals surface area contributed by atoms with Crippen molar-refractivity contribution in [2.24, 2.45) is 0 Å². The zero-order valence-corrected chi connectivity index (χ0v) is 19.1. The third-order valence-corrected chi connectivity index (χ3v) is 6.79. The summed E-state index contributed by atoms with van der Waals surface area (Å²) < 4.78 is 5.81. The van der Waals surface area contributed by atoms with Crippen molar-refractivity contribution >= 4 is 5.82 Å². The molecule has 6 heteroatoms. The minimum Gasteiger partial charge on any atom is -0.491 e. The van der Waals surface area contributed by atoms with Crippen LogP contribution in [0.1, 0.15) is 57.6 Å². The molecule has 2 aromatic rings. The molecule has 0 saturated heterocycles. The highest BCUT2D eigenvalue weighted by molar-refractivity contribution is 5.61. The Kier molecular flexibility index (Phi) is 6.77. The molecule has 31 heavy (non-hydrogen) atoms. The van der Waals surface area contributed by atoms with Crippen LogP contribution in [0.4, 0.5) is 5.82 Å². The van der Waals surface area contributed by atoms with Gasteiger partial charge >= 0.3 is 0 Å². The van der Waals surface area contributed by atoms with Crippen LogP contribution in [0.2, 0.25) is 0 Å². The number of aliphatic hydroxyl groups is 1. The molecule has 2 saturated carbocycles. The molecule has 2 N–H and O–H groups in total. The van der Waals surface area contributed by atoms with Crippen LogP contribution in [0, 0.1) is 0 Å². The fourth-order valence-electron chi connectivity index (χ4n) is 4.36. The molecular formula is C25H36N4O2. The molecule has 2 aliphatic carbocycles. The molecular weight excluding hydrogens is 388 g/mol. The lowest BCUT2D eigenvalue weighted by Gasteiger charge is -2.32. The lowest BCUT2D eigenvalue weighted by molar-refractivity contribution is 0.108. The second-order valence-corrected chi connectivity index (χ2v) is 9.45. The van der Waals surface area contributed by atoms with Gasteiger partial charge in [-0.2, -0.15) is 0 Å². The molecule has 0 bridgehead atoms. The molecule has 168 valence electrons. The number of nitrogens with one attached hydrogen (secondary N) is 1. The van der Waals surface area contributed by atoms with Crippen LogP contribution in [-0.4, -0.2) is 54.5 Å². The van der Waals surface area contributed by atoms with Crippen molar-refractivity contribution in [3.05, 3.63) is 36.0 Å². The SMILES string of the molecule is CNCC(O)COc1cccc(-c2nc(N(C)C3CCCCC3)cc(C3(C)CC3)n2)c1. The van der Waals surface area contributed by atoms with Gasteiger partial charge in [-0.1, -0.05) is 38.3 Å². The summed E-state index contributed by atoms with van der Waals surface area (Å²) in [6, 6.07) is 10.7. The fraction of sp³-hybridized carbons (Fsp3) is 0.600. The van der Waals surface area contributed by atoms with Crippen molar-refractivity contribution in [2.75, 3.05) is 32.1 Å². The normalized spacial score (nSPS) is 19.1. The van der Waals surface area contributed by atoms with Gasteiger partial charge in [-0.05, 0) is 44.9 Å². The van der Waals surface area contributed by atoms with E-state index < -0.39 is 6.10 Å². The minimum absolute atomic E-state index is 0.172. The number of nitrogens with zero attached hydrogens (tertiary/aromatic N) is 3. The molecule has 2 fully saturated rings. The zero-order chi connectivity index (χ0) is 21.8. The van der Waals surface area contributed by atoms with E-state index in [0.717, 1.165) is 28.6 Å². The molecule has 1 aromatic carbocycles. The quantitative estimate of drug-likeness (QED) is 0.636. The maximum absolute atomic E-state index is 9.93. The van der Waals surface area contributed by atoms with Gasteiger partial charge in [0.1, 0.15) is 24.3 Å². The standard InChI is InChI=1S/C25H36N4O2/c1-25(12-13-25)22-15-23(29(3)19-9-5-4-6-10-19)28-24(27-22)18-8-7-11-21(14-18)31-17-20(30)16-26-2/h7-8,11,14-15,19-20,26,30H,4-6,9-10,12-13,16-17H2,1-3H3. The predicted octanol–water partition coefficient (Wildman–Crippen LogP) is 3.92. The average Bonchev–Trinajstić information content (AvgIpc) is 3.56. The summed E-state index contributed by atoms with van der Waals surface area (Å²) in [6.07, 6.45) is 8.25. The summed E-state index contributed by atoms with van der Waals surface area (Å²) in [5, 5.41) is 12.9. The van der Waals surface area contributed by atoms with E-state index in [1.54, 1.807) is 0 Å². The Morgan fingerprint density at radius 1 is 1.19 bits per heavy atom. The molecule has 0 radical (unpaired) electrons. The highest BCUT2D eigenvalue weighted by atomic mass is 16.5. The monoisotopic (exact) mass is 424 g/mol. The van der Waals surface area contributed by atoms with E-state index in [-0.39, 0.29) is 12.0 Å². The molecule has 0 amide bonds. The van der Waals surface area contributed by atoms with E-state index in [9.17, 15) is 5.11 Å². The smallest absolute Gasteiger partial charge is 0.161 e. The Balaban J connectivity index is 1.61. The molecule has 1 unspecified atom stereocenters. The molecule has 0 aliphatic heterocycles. The summed E-state index contributed by atoms with van der Waals surface area (Å²) in [4.78, 5) is 12.3. The van der Waals surface area contributed by atoms with E-state index in [2.05, 4.69) is 30.3 Å². The first-order chi connectivity index (χ1) is 15.0. The van der Waals surface area contributed by atoms with Gasteiger partial charge in [0.05, 0.1) is 5.69 Å². The van der Waals surface area contributed by atoms with E-state index in [4.69, 9.17) is 14.7 Å². The summed E-state index contributed by atoms with van der Waals surface area (Å²) in [7, 11) is 4.00. The lowest BCUT2D eigenvalue weighted by Crippen LogP contribution is -2.34. The number of benzene rings is 1. The zero-order valence-electron chi connectivity index (χ0n) is 19.1. The van der Waals surface area contributed by atoms with Gasteiger partial charge in [0.15, 0.2) is 5.82 Å². The Morgan fingerprint density at radius 2 is 1.97 bits per heavy atom. The second kappa shape index (κ2) is 9.53. The number of hydrogen-bond acceptors (Lipinski definition) is 6. The summed E-state index contributed by atoms with van der Waals surface area (Å²) >= 11 is 0. The number of ether oxygens (including phenoxy) is 1. The van der Waals surface area contributed by atoms with Crippen LogP contribution in [0.3, 0.4) is 0 Å². The number of anilines is 1. The molecule has 1 atom stereocenters. The Labute approximate surface area is 186 Å². The lowest BCUT2D eigenvalue weighted by atomic mass is 9.94. The van der Waals surface area contributed by atoms with Gasteiger partial charge in [0.2, 0.25) is 0 Å². The van der Waals surface area contributed by atoms with Crippen molar-refractivity contribution in [2.45, 2.75) is 69.4 Å². The van der Waals surface area contributed by atoms with Crippen LogP contribution < -0.4 is 15.0 Å². The topological polar surface area (TPSA) is 70.5 Å². The highest BCUT2D eigenvalue weighted by Gasteiger charge is 2.41. The van der Waals surface area contributed by atoms with Gasteiger partial charge in [-0.25, -0.2) is 9.97 Å². The van der Waals surface area contributed by atoms with Crippen LogP contribution >= 0.6 is 0 Å². The molecule has 2 aliphatic rings.